The second kappa shape index (κ2) is 8.33. The van der Waals surface area contributed by atoms with Crippen LogP contribution in [0.3, 0.4) is 0 Å². The molecule has 148 valence electrons. The van der Waals surface area contributed by atoms with Gasteiger partial charge in [0.15, 0.2) is 0 Å². The molecule has 3 aromatic rings. The zero-order valence-electron chi connectivity index (χ0n) is 16.9. The Bertz CT molecular complexity index is 1010. The van der Waals surface area contributed by atoms with E-state index in [1.807, 2.05) is 42.8 Å². The number of para-hydroxylation sites is 1. The van der Waals surface area contributed by atoms with Gasteiger partial charge in [-0.05, 0) is 51.3 Å². The molecule has 0 aliphatic carbocycles. The van der Waals surface area contributed by atoms with E-state index < -0.39 is 0 Å². The standard InChI is InChI=1S/C22H27N3O3/c1-5-25-15(4)19(14(3)20(25)22(27)28-6-2)21(26)23-12-11-16-13-24-18-10-8-7-9-17(16)18/h7-10,13,24H,5-6,11-12H2,1-4H3,(H,23,26). The molecule has 6 heteroatoms. The third kappa shape index (κ3) is 3.54. The first-order chi connectivity index (χ1) is 13.5. The molecule has 2 aromatic heterocycles. The van der Waals surface area contributed by atoms with Crippen molar-refractivity contribution in [2.24, 2.45) is 0 Å². The molecule has 0 fully saturated rings. The van der Waals surface area contributed by atoms with Crippen molar-refractivity contribution in [3.8, 4) is 0 Å². The number of benzene rings is 1. The number of hydrogen-bond donors (Lipinski definition) is 2. The Balaban J connectivity index is 1.76. The van der Waals surface area contributed by atoms with Crippen LogP contribution in [0.25, 0.3) is 10.9 Å². The molecule has 1 aromatic carbocycles. The van der Waals surface area contributed by atoms with Gasteiger partial charge in [0.05, 0.1) is 12.2 Å². The second-order valence-electron chi connectivity index (χ2n) is 6.76. The summed E-state index contributed by atoms with van der Waals surface area (Å²) in [7, 11) is 0. The summed E-state index contributed by atoms with van der Waals surface area (Å²) >= 11 is 0. The molecule has 0 aliphatic heterocycles. The number of nitrogens with one attached hydrogen (secondary N) is 2. The van der Waals surface area contributed by atoms with Gasteiger partial charge in [-0.1, -0.05) is 18.2 Å². The predicted molar refractivity (Wildman–Crippen MR) is 110 cm³/mol. The minimum Gasteiger partial charge on any atom is -0.461 e. The number of nitrogens with zero attached hydrogens (tertiary/aromatic N) is 1. The van der Waals surface area contributed by atoms with E-state index in [4.69, 9.17) is 4.74 Å². The first-order valence-corrected chi connectivity index (χ1v) is 9.69. The lowest BCUT2D eigenvalue weighted by atomic mass is 10.1. The summed E-state index contributed by atoms with van der Waals surface area (Å²) in [4.78, 5) is 28.5. The Morgan fingerprint density at radius 1 is 1.18 bits per heavy atom. The van der Waals surface area contributed by atoms with E-state index in [-0.39, 0.29) is 11.9 Å². The molecule has 0 radical (unpaired) electrons. The molecule has 2 N–H and O–H groups in total. The highest BCUT2D eigenvalue weighted by molar-refractivity contribution is 6.01. The van der Waals surface area contributed by atoms with E-state index in [0.717, 1.165) is 17.6 Å². The van der Waals surface area contributed by atoms with Crippen LogP contribution in [0, 0.1) is 13.8 Å². The van der Waals surface area contributed by atoms with Crippen molar-refractivity contribution in [3.05, 3.63) is 58.5 Å². The van der Waals surface area contributed by atoms with Crippen LogP contribution in [0.5, 0.6) is 0 Å². The minimum atomic E-state index is -0.386. The second-order valence-corrected chi connectivity index (χ2v) is 6.76. The van der Waals surface area contributed by atoms with E-state index in [0.29, 0.717) is 36.5 Å². The lowest BCUT2D eigenvalue weighted by Gasteiger charge is -2.08. The number of aromatic nitrogens is 2. The lowest BCUT2D eigenvalue weighted by molar-refractivity contribution is 0.0512. The normalized spacial score (nSPS) is 11.0. The fourth-order valence-corrected chi connectivity index (χ4v) is 3.83. The SMILES string of the molecule is CCOC(=O)c1c(C)c(C(=O)NCCc2c[nH]c3ccccc23)c(C)n1CC. The third-order valence-corrected chi connectivity index (χ3v) is 5.13. The molecule has 3 rings (SSSR count). The van der Waals surface area contributed by atoms with Crippen LogP contribution >= 0.6 is 0 Å². The zero-order valence-corrected chi connectivity index (χ0v) is 16.9. The number of rotatable bonds is 7. The van der Waals surface area contributed by atoms with E-state index >= 15 is 0 Å². The molecule has 0 saturated carbocycles. The molecule has 0 spiro atoms. The van der Waals surface area contributed by atoms with Gasteiger partial charge in [0, 0.05) is 35.9 Å². The van der Waals surface area contributed by atoms with Crippen LogP contribution < -0.4 is 5.32 Å². The molecule has 1 amide bonds. The molecule has 6 nitrogen and oxygen atoms in total. The van der Waals surface area contributed by atoms with Gasteiger partial charge in [0.25, 0.3) is 5.91 Å². The number of H-pyrrole nitrogens is 1. The molecule has 0 saturated heterocycles. The van der Waals surface area contributed by atoms with Crippen LogP contribution in [-0.4, -0.2) is 34.6 Å². The largest absolute Gasteiger partial charge is 0.461 e. The Hall–Kier alpha value is -3.02. The summed E-state index contributed by atoms with van der Waals surface area (Å²) in [6, 6.07) is 8.11. The number of aromatic amines is 1. The highest BCUT2D eigenvalue weighted by atomic mass is 16.5. The quantitative estimate of drug-likeness (QED) is 0.612. The van der Waals surface area contributed by atoms with Gasteiger partial charge in [-0.15, -0.1) is 0 Å². The molecule has 0 atom stereocenters. The third-order valence-electron chi connectivity index (χ3n) is 5.13. The van der Waals surface area contributed by atoms with Crippen LogP contribution in [0.2, 0.25) is 0 Å². The van der Waals surface area contributed by atoms with Crippen molar-refractivity contribution in [1.29, 1.82) is 0 Å². The van der Waals surface area contributed by atoms with Gasteiger partial charge in [0.1, 0.15) is 5.69 Å². The topological polar surface area (TPSA) is 76.1 Å². The minimum absolute atomic E-state index is 0.160. The first-order valence-electron chi connectivity index (χ1n) is 9.69. The summed E-state index contributed by atoms with van der Waals surface area (Å²) in [5.74, 6) is -0.546. The van der Waals surface area contributed by atoms with Gasteiger partial charge in [-0.2, -0.15) is 0 Å². The molecular formula is C22H27N3O3. The number of carbonyl (C=O) groups excluding carboxylic acids is 2. The fourth-order valence-electron chi connectivity index (χ4n) is 3.83. The number of hydrogen-bond acceptors (Lipinski definition) is 3. The van der Waals surface area contributed by atoms with Crippen molar-refractivity contribution >= 4 is 22.8 Å². The van der Waals surface area contributed by atoms with Crippen LogP contribution in [-0.2, 0) is 17.7 Å². The van der Waals surface area contributed by atoms with Gasteiger partial charge in [-0.25, -0.2) is 4.79 Å². The predicted octanol–water partition coefficient (Wildman–Crippen LogP) is 3.76. The Morgan fingerprint density at radius 2 is 1.93 bits per heavy atom. The summed E-state index contributed by atoms with van der Waals surface area (Å²) in [5, 5.41) is 4.17. The average Bonchev–Trinajstić information content (AvgIpc) is 3.20. The molecule has 2 heterocycles. The summed E-state index contributed by atoms with van der Waals surface area (Å²) in [6.07, 6.45) is 2.72. The summed E-state index contributed by atoms with van der Waals surface area (Å²) in [5.41, 5.74) is 4.74. The number of amides is 1. The number of carbonyl (C=O) groups is 2. The highest BCUT2D eigenvalue weighted by Crippen LogP contribution is 2.23. The van der Waals surface area contributed by atoms with Gasteiger partial charge >= 0.3 is 5.97 Å². The average molecular weight is 381 g/mol. The maximum absolute atomic E-state index is 12.9. The van der Waals surface area contributed by atoms with Crippen LogP contribution in [0.1, 0.15) is 51.5 Å². The smallest absolute Gasteiger partial charge is 0.355 e. The van der Waals surface area contributed by atoms with E-state index in [2.05, 4.69) is 16.4 Å². The Labute approximate surface area is 164 Å². The summed E-state index contributed by atoms with van der Waals surface area (Å²) < 4.78 is 7.02. The number of ether oxygens (including phenoxy) is 1. The van der Waals surface area contributed by atoms with Crippen molar-refractivity contribution in [2.45, 2.75) is 40.7 Å². The fraction of sp³-hybridized carbons (Fsp3) is 0.364. The van der Waals surface area contributed by atoms with Crippen LogP contribution in [0.4, 0.5) is 0 Å². The monoisotopic (exact) mass is 381 g/mol. The first kappa shape index (κ1) is 19.7. The van der Waals surface area contributed by atoms with Crippen molar-refractivity contribution in [2.75, 3.05) is 13.2 Å². The van der Waals surface area contributed by atoms with Gasteiger partial charge < -0.3 is 19.6 Å². The lowest BCUT2D eigenvalue weighted by Crippen LogP contribution is -2.26. The van der Waals surface area contributed by atoms with E-state index in [1.54, 1.807) is 13.8 Å². The molecule has 0 bridgehead atoms. The number of esters is 1. The van der Waals surface area contributed by atoms with E-state index in [1.165, 1.54) is 10.9 Å². The molecular weight excluding hydrogens is 354 g/mol. The summed E-state index contributed by atoms with van der Waals surface area (Å²) in [6.45, 7) is 8.83. The Kier molecular flexibility index (Phi) is 5.87. The molecule has 28 heavy (non-hydrogen) atoms. The maximum atomic E-state index is 12.9. The van der Waals surface area contributed by atoms with Gasteiger partial charge in [-0.3, -0.25) is 4.79 Å². The van der Waals surface area contributed by atoms with Crippen molar-refractivity contribution in [1.82, 2.24) is 14.9 Å². The van der Waals surface area contributed by atoms with Gasteiger partial charge in [0.2, 0.25) is 0 Å². The van der Waals surface area contributed by atoms with E-state index in [9.17, 15) is 9.59 Å². The van der Waals surface area contributed by atoms with Crippen molar-refractivity contribution < 1.29 is 14.3 Å². The molecule has 0 unspecified atom stereocenters. The van der Waals surface area contributed by atoms with Crippen molar-refractivity contribution in [3.63, 3.8) is 0 Å². The zero-order chi connectivity index (χ0) is 20.3. The highest BCUT2D eigenvalue weighted by Gasteiger charge is 2.26. The maximum Gasteiger partial charge on any atom is 0.355 e. The number of fused-ring (bicyclic) bond motifs is 1. The van der Waals surface area contributed by atoms with Crippen LogP contribution in [0.15, 0.2) is 30.5 Å². The Morgan fingerprint density at radius 3 is 2.64 bits per heavy atom. The molecule has 0 aliphatic rings.